The zero-order chi connectivity index (χ0) is 21.3. The summed E-state index contributed by atoms with van der Waals surface area (Å²) >= 11 is 0. The zero-order valence-corrected chi connectivity index (χ0v) is 17.2. The second-order valence-corrected chi connectivity index (χ2v) is 7.38. The summed E-state index contributed by atoms with van der Waals surface area (Å²) in [4.78, 5) is 25.3. The molecule has 0 fully saturated rings. The Bertz CT molecular complexity index is 1000. The number of anilines is 2. The summed E-state index contributed by atoms with van der Waals surface area (Å²) in [5, 5.41) is 5.70. The molecule has 3 aromatic carbocycles. The Balaban J connectivity index is 1.69. The number of carbonyl (C=O) groups excluding carboxylic acids is 2. The Morgan fingerprint density at radius 2 is 1.47 bits per heavy atom. The van der Waals surface area contributed by atoms with E-state index in [1.54, 1.807) is 42.5 Å². The third kappa shape index (κ3) is 5.95. The first kappa shape index (κ1) is 21.1. The number of hydrogen-bond donors (Lipinski definition) is 2. The highest BCUT2D eigenvalue weighted by molar-refractivity contribution is 6.08. The second-order valence-electron chi connectivity index (χ2n) is 7.38. The van der Waals surface area contributed by atoms with Crippen molar-refractivity contribution in [2.24, 2.45) is 5.92 Å². The molecule has 0 spiro atoms. The molecule has 0 aliphatic carbocycles. The molecule has 0 aromatic heterocycles. The minimum Gasteiger partial charge on any atom is -0.493 e. The Morgan fingerprint density at radius 1 is 0.800 bits per heavy atom. The molecule has 154 valence electrons. The quantitative estimate of drug-likeness (QED) is 0.514. The molecule has 0 heterocycles. The second kappa shape index (κ2) is 10.3. The minimum atomic E-state index is -0.282. The van der Waals surface area contributed by atoms with Crippen LogP contribution in [0.3, 0.4) is 0 Å². The molecule has 3 rings (SSSR count). The van der Waals surface area contributed by atoms with Crippen molar-refractivity contribution in [1.82, 2.24) is 0 Å². The predicted octanol–water partition coefficient (Wildman–Crippen LogP) is 5.62. The van der Waals surface area contributed by atoms with Crippen LogP contribution in [0.1, 0.15) is 41.0 Å². The Kier molecular flexibility index (Phi) is 7.22. The van der Waals surface area contributed by atoms with Crippen LogP contribution in [-0.4, -0.2) is 18.4 Å². The Morgan fingerprint density at radius 3 is 2.23 bits per heavy atom. The van der Waals surface area contributed by atoms with Crippen LogP contribution in [0.25, 0.3) is 0 Å². The summed E-state index contributed by atoms with van der Waals surface area (Å²) in [6.45, 7) is 4.81. The first-order valence-electron chi connectivity index (χ1n) is 10.0. The van der Waals surface area contributed by atoms with Gasteiger partial charge in [-0.25, -0.2) is 0 Å². The molecule has 30 heavy (non-hydrogen) atoms. The van der Waals surface area contributed by atoms with Crippen molar-refractivity contribution in [3.8, 4) is 5.75 Å². The number of para-hydroxylation sites is 2. The Labute approximate surface area is 177 Å². The summed E-state index contributed by atoms with van der Waals surface area (Å²) in [7, 11) is 0. The molecule has 0 saturated heterocycles. The van der Waals surface area contributed by atoms with Crippen molar-refractivity contribution in [3.05, 3.63) is 90.0 Å². The first-order valence-corrected chi connectivity index (χ1v) is 10.0. The molecule has 0 atom stereocenters. The highest BCUT2D eigenvalue weighted by Gasteiger charge is 2.14. The highest BCUT2D eigenvalue weighted by Crippen LogP contribution is 2.21. The van der Waals surface area contributed by atoms with Gasteiger partial charge in [0, 0.05) is 16.9 Å². The number of nitrogens with one attached hydrogen (secondary N) is 2. The van der Waals surface area contributed by atoms with Gasteiger partial charge in [-0.2, -0.15) is 0 Å². The smallest absolute Gasteiger partial charge is 0.259 e. The maximum Gasteiger partial charge on any atom is 0.259 e. The third-order valence-corrected chi connectivity index (χ3v) is 4.50. The van der Waals surface area contributed by atoms with Crippen molar-refractivity contribution in [2.45, 2.75) is 20.3 Å². The number of amides is 2. The summed E-state index contributed by atoms with van der Waals surface area (Å²) in [6, 6.07) is 23.2. The van der Waals surface area contributed by atoms with E-state index in [4.69, 9.17) is 4.74 Å². The van der Waals surface area contributed by atoms with Crippen molar-refractivity contribution in [3.63, 3.8) is 0 Å². The zero-order valence-electron chi connectivity index (χ0n) is 17.2. The van der Waals surface area contributed by atoms with Gasteiger partial charge in [-0.15, -0.1) is 0 Å². The Hall–Kier alpha value is -3.60. The molecule has 0 saturated carbocycles. The van der Waals surface area contributed by atoms with E-state index < -0.39 is 0 Å². The average Bonchev–Trinajstić information content (AvgIpc) is 2.74. The van der Waals surface area contributed by atoms with E-state index in [0.717, 1.165) is 6.42 Å². The van der Waals surface area contributed by atoms with E-state index in [2.05, 4.69) is 24.5 Å². The van der Waals surface area contributed by atoms with Crippen LogP contribution in [-0.2, 0) is 0 Å². The molecular formula is C25H26N2O3. The van der Waals surface area contributed by atoms with Crippen LogP contribution in [0.5, 0.6) is 5.75 Å². The highest BCUT2D eigenvalue weighted by atomic mass is 16.5. The van der Waals surface area contributed by atoms with Crippen molar-refractivity contribution < 1.29 is 14.3 Å². The molecule has 2 N–H and O–H groups in total. The maximum absolute atomic E-state index is 12.8. The van der Waals surface area contributed by atoms with Crippen LogP contribution in [0.2, 0.25) is 0 Å². The summed E-state index contributed by atoms with van der Waals surface area (Å²) in [5.74, 6) is 0.551. The maximum atomic E-state index is 12.8. The number of ether oxygens (including phenoxy) is 1. The molecular weight excluding hydrogens is 376 g/mol. The van der Waals surface area contributed by atoms with E-state index in [1.165, 1.54) is 0 Å². The van der Waals surface area contributed by atoms with E-state index in [-0.39, 0.29) is 11.8 Å². The van der Waals surface area contributed by atoms with Gasteiger partial charge in [-0.05, 0) is 54.8 Å². The van der Waals surface area contributed by atoms with Gasteiger partial charge in [0.1, 0.15) is 5.75 Å². The lowest BCUT2D eigenvalue weighted by Crippen LogP contribution is -2.16. The molecule has 0 unspecified atom stereocenters. The fourth-order valence-corrected chi connectivity index (χ4v) is 2.85. The van der Waals surface area contributed by atoms with Crippen LogP contribution in [0.4, 0.5) is 11.4 Å². The molecule has 3 aromatic rings. The minimum absolute atomic E-state index is 0.241. The fraction of sp³-hybridized carbons (Fsp3) is 0.200. The number of benzene rings is 3. The normalized spacial score (nSPS) is 10.5. The van der Waals surface area contributed by atoms with Gasteiger partial charge in [0.15, 0.2) is 0 Å². The fourth-order valence-electron chi connectivity index (χ4n) is 2.85. The molecule has 0 aliphatic rings. The summed E-state index contributed by atoms with van der Waals surface area (Å²) in [6.07, 6.45) is 0.911. The van der Waals surface area contributed by atoms with Gasteiger partial charge >= 0.3 is 0 Å². The lowest BCUT2D eigenvalue weighted by atomic mass is 10.1. The van der Waals surface area contributed by atoms with Gasteiger partial charge in [-0.1, -0.05) is 50.2 Å². The van der Waals surface area contributed by atoms with Gasteiger partial charge in [0.2, 0.25) is 0 Å². The van der Waals surface area contributed by atoms with E-state index in [1.807, 2.05) is 36.4 Å². The van der Waals surface area contributed by atoms with Crippen molar-refractivity contribution in [2.75, 3.05) is 17.2 Å². The molecule has 0 bridgehead atoms. The standard InChI is InChI=1S/C25H26N2O3/c1-18(2)15-16-30-23-14-7-6-13-22(23)25(29)27-21-12-8-9-19(17-21)24(28)26-20-10-4-3-5-11-20/h3-14,17-18H,15-16H2,1-2H3,(H,26,28)(H,27,29). The largest absolute Gasteiger partial charge is 0.493 e. The van der Waals surface area contributed by atoms with Crippen LogP contribution < -0.4 is 15.4 Å². The van der Waals surface area contributed by atoms with Crippen molar-refractivity contribution in [1.29, 1.82) is 0 Å². The molecule has 5 nitrogen and oxygen atoms in total. The summed E-state index contributed by atoms with van der Waals surface area (Å²) < 4.78 is 5.81. The number of hydrogen-bond acceptors (Lipinski definition) is 3. The molecule has 5 heteroatoms. The predicted molar refractivity (Wildman–Crippen MR) is 120 cm³/mol. The lowest BCUT2D eigenvalue weighted by Gasteiger charge is -2.13. The van der Waals surface area contributed by atoms with Gasteiger partial charge in [0.05, 0.1) is 12.2 Å². The van der Waals surface area contributed by atoms with Gasteiger partial charge < -0.3 is 15.4 Å². The first-order chi connectivity index (χ1) is 14.5. The third-order valence-electron chi connectivity index (χ3n) is 4.50. The molecule has 2 amide bonds. The number of carbonyl (C=O) groups is 2. The van der Waals surface area contributed by atoms with Crippen molar-refractivity contribution >= 4 is 23.2 Å². The van der Waals surface area contributed by atoms with Crippen LogP contribution >= 0.6 is 0 Å². The topological polar surface area (TPSA) is 67.4 Å². The number of rotatable bonds is 8. The summed E-state index contributed by atoms with van der Waals surface area (Å²) in [5.41, 5.74) is 2.17. The monoisotopic (exact) mass is 402 g/mol. The molecule has 0 radical (unpaired) electrons. The van der Waals surface area contributed by atoms with Gasteiger partial charge in [-0.3, -0.25) is 9.59 Å². The van der Waals surface area contributed by atoms with Gasteiger partial charge in [0.25, 0.3) is 11.8 Å². The van der Waals surface area contributed by atoms with Crippen LogP contribution in [0, 0.1) is 5.92 Å². The van der Waals surface area contributed by atoms with E-state index >= 15 is 0 Å². The molecule has 0 aliphatic heterocycles. The SMILES string of the molecule is CC(C)CCOc1ccccc1C(=O)Nc1cccc(C(=O)Nc2ccccc2)c1. The average molecular weight is 402 g/mol. The van der Waals surface area contributed by atoms with Crippen LogP contribution in [0.15, 0.2) is 78.9 Å². The van der Waals surface area contributed by atoms with E-state index in [0.29, 0.717) is 40.8 Å². The lowest BCUT2D eigenvalue weighted by molar-refractivity contribution is 0.101. The van der Waals surface area contributed by atoms with E-state index in [9.17, 15) is 9.59 Å².